The molecule has 13 heavy (non-hydrogen) atoms. The van der Waals surface area contributed by atoms with Crippen LogP contribution in [0.1, 0.15) is 0 Å². The first-order chi connectivity index (χ1) is 6.18. The Kier molecular flexibility index (Phi) is 2.18. The molecule has 3 heteroatoms. The van der Waals surface area contributed by atoms with Crippen LogP contribution in [0, 0.1) is 0 Å². The van der Waals surface area contributed by atoms with E-state index in [1.165, 1.54) is 0 Å². The summed E-state index contributed by atoms with van der Waals surface area (Å²) in [6.07, 6.45) is 0. The Bertz CT molecular complexity index is 468. The van der Waals surface area contributed by atoms with Crippen LogP contribution in [-0.2, 0) is 0 Å². The van der Waals surface area contributed by atoms with Crippen LogP contribution in [0.5, 0.6) is 0 Å². The van der Waals surface area contributed by atoms with Crippen LogP contribution < -0.4 is 5.73 Å². The summed E-state index contributed by atoms with van der Waals surface area (Å²) in [7, 11) is 0. The van der Waals surface area contributed by atoms with E-state index >= 15 is 0 Å². The zero-order chi connectivity index (χ0) is 9.42. The summed E-state index contributed by atoms with van der Waals surface area (Å²) < 4.78 is 0.938. The number of benzene rings is 2. The molecule has 0 aliphatic rings. The number of fused-ring (bicyclic) bond motifs is 1. The van der Waals surface area contributed by atoms with Crippen molar-refractivity contribution in [3.8, 4) is 0 Å². The largest absolute Gasteiger partial charge is 0.399 e. The molecular formula is C10H7BrClN. The Hall–Kier alpha value is -0.730. The van der Waals surface area contributed by atoms with Crippen LogP contribution in [0.2, 0.25) is 5.02 Å². The number of hydrogen-bond acceptors (Lipinski definition) is 1. The van der Waals surface area contributed by atoms with E-state index in [-0.39, 0.29) is 0 Å². The van der Waals surface area contributed by atoms with Crippen molar-refractivity contribution in [2.75, 3.05) is 5.73 Å². The molecule has 0 bridgehead atoms. The summed E-state index contributed by atoms with van der Waals surface area (Å²) in [6, 6.07) is 9.53. The number of anilines is 1. The standard InChI is InChI=1S/C10H7BrClN/c11-8-5-7(13)4-6-2-1-3-9(12)10(6)8/h1-5H,13H2. The maximum atomic E-state index is 6.04. The quantitative estimate of drug-likeness (QED) is 0.712. The van der Waals surface area contributed by atoms with E-state index < -0.39 is 0 Å². The second-order valence-corrected chi connectivity index (χ2v) is 4.10. The van der Waals surface area contributed by atoms with Gasteiger partial charge in [0.25, 0.3) is 0 Å². The average molecular weight is 257 g/mol. The van der Waals surface area contributed by atoms with Gasteiger partial charge in [0.1, 0.15) is 0 Å². The Balaban J connectivity index is 2.94. The summed E-state index contributed by atoms with van der Waals surface area (Å²) in [5, 5.41) is 2.81. The Labute approximate surface area is 89.6 Å². The number of nitrogens with two attached hydrogens (primary N) is 1. The van der Waals surface area contributed by atoms with Crippen LogP contribution in [0.25, 0.3) is 10.8 Å². The molecule has 0 saturated carbocycles. The predicted octanol–water partition coefficient (Wildman–Crippen LogP) is 3.84. The number of halogens is 2. The van der Waals surface area contributed by atoms with E-state index in [0.717, 1.165) is 26.0 Å². The average Bonchev–Trinajstić information content (AvgIpc) is 2.02. The van der Waals surface area contributed by atoms with Gasteiger partial charge in [-0.15, -0.1) is 0 Å². The van der Waals surface area contributed by atoms with Crippen LogP contribution >= 0.6 is 27.5 Å². The Morgan fingerprint density at radius 1 is 1.23 bits per heavy atom. The molecule has 0 spiro atoms. The highest BCUT2D eigenvalue weighted by Crippen LogP contribution is 2.32. The molecule has 0 fully saturated rings. The van der Waals surface area contributed by atoms with Gasteiger partial charge in [0.15, 0.2) is 0 Å². The molecular weight excluding hydrogens is 249 g/mol. The molecule has 0 unspecified atom stereocenters. The zero-order valence-corrected chi connectivity index (χ0v) is 9.06. The van der Waals surface area contributed by atoms with Crippen molar-refractivity contribution >= 4 is 44.0 Å². The minimum Gasteiger partial charge on any atom is -0.399 e. The second-order valence-electron chi connectivity index (χ2n) is 2.84. The molecule has 2 N–H and O–H groups in total. The zero-order valence-electron chi connectivity index (χ0n) is 6.72. The molecule has 1 nitrogen and oxygen atoms in total. The number of nitrogen functional groups attached to an aromatic ring is 1. The number of rotatable bonds is 0. The summed E-state index contributed by atoms with van der Waals surface area (Å²) in [6.45, 7) is 0. The summed E-state index contributed by atoms with van der Waals surface area (Å²) >= 11 is 9.48. The van der Waals surface area contributed by atoms with E-state index in [9.17, 15) is 0 Å². The van der Waals surface area contributed by atoms with Crippen molar-refractivity contribution in [1.29, 1.82) is 0 Å². The lowest BCUT2D eigenvalue weighted by Gasteiger charge is -2.04. The molecule has 0 aromatic heterocycles. The van der Waals surface area contributed by atoms with Crippen LogP contribution in [0.15, 0.2) is 34.8 Å². The van der Waals surface area contributed by atoms with Crippen LogP contribution in [-0.4, -0.2) is 0 Å². The van der Waals surface area contributed by atoms with E-state index in [0.29, 0.717) is 0 Å². The lowest BCUT2D eigenvalue weighted by atomic mass is 10.1. The molecule has 2 aromatic rings. The molecule has 0 radical (unpaired) electrons. The van der Waals surface area contributed by atoms with E-state index in [1.807, 2.05) is 30.3 Å². The highest BCUT2D eigenvalue weighted by atomic mass is 79.9. The monoisotopic (exact) mass is 255 g/mol. The highest BCUT2D eigenvalue weighted by molar-refractivity contribution is 9.10. The van der Waals surface area contributed by atoms with Crippen molar-refractivity contribution in [2.45, 2.75) is 0 Å². The third-order valence-electron chi connectivity index (χ3n) is 1.90. The van der Waals surface area contributed by atoms with Crippen LogP contribution in [0.4, 0.5) is 5.69 Å². The Morgan fingerprint density at radius 2 is 2.00 bits per heavy atom. The normalized spacial score (nSPS) is 10.6. The first-order valence-electron chi connectivity index (χ1n) is 3.82. The fraction of sp³-hybridized carbons (Fsp3) is 0. The maximum Gasteiger partial charge on any atom is 0.0495 e. The van der Waals surface area contributed by atoms with Gasteiger partial charge in [0, 0.05) is 20.6 Å². The van der Waals surface area contributed by atoms with Crippen molar-refractivity contribution in [1.82, 2.24) is 0 Å². The van der Waals surface area contributed by atoms with Crippen molar-refractivity contribution in [2.24, 2.45) is 0 Å². The van der Waals surface area contributed by atoms with Crippen molar-refractivity contribution < 1.29 is 0 Å². The van der Waals surface area contributed by atoms with Gasteiger partial charge in [-0.05, 0) is 23.6 Å². The third kappa shape index (κ3) is 1.52. The minimum absolute atomic E-state index is 0.738. The predicted molar refractivity (Wildman–Crippen MR) is 61.1 cm³/mol. The number of hydrogen-bond donors (Lipinski definition) is 1. The van der Waals surface area contributed by atoms with Gasteiger partial charge in [0.05, 0.1) is 0 Å². The van der Waals surface area contributed by atoms with Gasteiger partial charge < -0.3 is 5.73 Å². The molecule has 0 heterocycles. The maximum absolute atomic E-state index is 6.04. The lowest BCUT2D eigenvalue weighted by molar-refractivity contribution is 1.69. The first-order valence-corrected chi connectivity index (χ1v) is 4.99. The summed E-state index contributed by atoms with van der Waals surface area (Å²) in [5.74, 6) is 0. The summed E-state index contributed by atoms with van der Waals surface area (Å²) in [4.78, 5) is 0. The van der Waals surface area contributed by atoms with Gasteiger partial charge in [-0.25, -0.2) is 0 Å². The molecule has 0 aliphatic carbocycles. The molecule has 66 valence electrons. The van der Waals surface area contributed by atoms with E-state index in [2.05, 4.69) is 15.9 Å². The highest BCUT2D eigenvalue weighted by Gasteiger charge is 2.03. The molecule has 2 rings (SSSR count). The van der Waals surface area contributed by atoms with E-state index in [4.69, 9.17) is 17.3 Å². The van der Waals surface area contributed by atoms with Gasteiger partial charge in [-0.1, -0.05) is 39.7 Å². The second kappa shape index (κ2) is 3.20. The third-order valence-corrected chi connectivity index (χ3v) is 2.84. The lowest BCUT2D eigenvalue weighted by Crippen LogP contribution is -1.85. The van der Waals surface area contributed by atoms with Crippen molar-refractivity contribution in [3.05, 3.63) is 39.8 Å². The van der Waals surface area contributed by atoms with Gasteiger partial charge in [-0.3, -0.25) is 0 Å². The SMILES string of the molecule is Nc1cc(Br)c2c(Cl)cccc2c1. The minimum atomic E-state index is 0.738. The molecule has 0 saturated heterocycles. The fourth-order valence-electron chi connectivity index (χ4n) is 1.35. The molecule has 0 atom stereocenters. The van der Waals surface area contributed by atoms with Gasteiger partial charge in [-0.2, -0.15) is 0 Å². The Morgan fingerprint density at radius 3 is 2.77 bits per heavy atom. The smallest absolute Gasteiger partial charge is 0.0495 e. The first kappa shape index (κ1) is 8.85. The van der Waals surface area contributed by atoms with E-state index in [1.54, 1.807) is 0 Å². The topological polar surface area (TPSA) is 26.0 Å². The fourth-order valence-corrected chi connectivity index (χ4v) is 2.46. The van der Waals surface area contributed by atoms with Gasteiger partial charge >= 0.3 is 0 Å². The van der Waals surface area contributed by atoms with Crippen molar-refractivity contribution in [3.63, 3.8) is 0 Å². The van der Waals surface area contributed by atoms with Gasteiger partial charge in [0.2, 0.25) is 0 Å². The summed E-state index contributed by atoms with van der Waals surface area (Å²) in [5.41, 5.74) is 6.44. The van der Waals surface area contributed by atoms with Crippen LogP contribution in [0.3, 0.4) is 0 Å². The molecule has 2 aromatic carbocycles. The molecule has 0 aliphatic heterocycles. The molecule has 0 amide bonds.